The Morgan fingerprint density at radius 1 is 0.769 bits per heavy atom. The van der Waals surface area contributed by atoms with Crippen molar-refractivity contribution in [3.63, 3.8) is 0 Å². The predicted octanol–water partition coefficient (Wildman–Crippen LogP) is 8.50. The summed E-state index contributed by atoms with van der Waals surface area (Å²) in [5.41, 5.74) is 2.90. The van der Waals surface area contributed by atoms with Gasteiger partial charge in [0.2, 0.25) is 5.91 Å². The van der Waals surface area contributed by atoms with E-state index >= 15 is 0 Å². The molecule has 4 heteroatoms. The van der Waals surface area contributed by atoms with Crippen molar-refractivity contribution in [1.82, 2.24) is 9.96 Å². The summed E-state index contributed by atoms with van der Waals surface area (Å²) in [6, 6.07) is 35.3. The lowest BCUT2D eigenvalue weighted by Gasteiger charge is -2.39. The molecule has 0 saturated heterocycles. The van der Waals surface area contributed by atoms with E-state index < -0.39 is 5.60 Å². The summed E-state index contributed by atoms with van der Waals surface area (Å²) in [7, 11) is 0. The van der Waals surface area contributed by atoms with Crippen LogP contribution in [0, 0.1) is 0 Å². The van der Waals surface area contributed by atoms with E-state index in [1.807, 2.05) is 45.0 Å². The minimum absolute atomic E-state index is 0.0297. The molecule has 0 aliphatic rings. The summed E-state index contributed by atoms with van der Waals surface area (Å²) < 4.78 is 0. The SMILES string of the molecule is CC(C)N(Cc1ccccc1)[C@@H](CC(=O)N(OC(C)(C)C)[C@@H](C)c1cccc2ccccc12)c1ccccc1. The van der Waals surface area contributed by atoms with Crippen molar-refractivity contribution in [3.8, 4) is 0 Å². The number of carbonyl (C=O) groups is 1. The second-order valence-corrected chi connectivity index (χ2v) is 11.5. The Morgan fingerprint density at radius 2 is 1.36 bits per heavy atom. The number of benzene rings is 4. The molecule has 0 aromatic heterocycles. The molecular weight excluding hydrogens is 480 g/mol. The minimum Gasteiger partial charge on any atom is -0.289 e. The zero-order valence-corrected chi connectivity index (χ0v) is 24.2. The molecule has 4 aromatic rings. The van der Waals surface area contributed by atoms with E-state index in [4.69, 9.17) is 4.84 Å². The van der Waals surface area contributed by atoms with Gasteiger partial charge in [-0.2, -0.15) is 0 Å². The Kier molecular flexibility index (Phi) is 9.21. The Hall–Kier alpha value is -3.47. The molecule has 0 heterocycles. The standard InChI is InChI=1S/C35H42N2O2/c1-26(2)36(25-28-16-9-7-10-17-28)33(30-19-11-8-12-20-30)24-34(38)37(39-35(4,5)6)27(3)31-23-15-21-29-18-13-14-22-32(29)31/h7-23,26-27,33H,24-25H2,1-6H3/t27-,33-/m0/s1. The Morgan fingerprint density at radius 3 is 2.00 bits per heavy atom. The van der Waals surface area contributed by atoms with Crippen LogP contribution >= 0.6 is 0 Å². The molecule has 204 valence electrons. The van der Waals surface area contributed by atoms with Crippen molar-refractivity contribution in [2.45, 2.75) is 78.2 Å². The normalized spacial score (nSPS) is 13.5. The topological polar surface area (TPSA) is 32.8 Å². The van der Waals surface area contributed by atoms with Crippen molar-refractivity contribution in [2.24, 2.45) is 0 Å². The smallest absolute Gasteiger partial charge is 0.248 e. The van der Waals surface area contributed by atoms with Gasteiger partial charge in [0.1, 0.15) is 0 Å². The molecule has 4 nitrogen and oxygen atoms in total. The van der Waals surface area contributed by atoms with Gasteiger partial charge in [0.25, 0.3) is 0 Å². The molecule has 0 radical (unpaired) electrons. The van der Waals surface area contributed by atoms with Crippen LogP contribution < -0.4 is 0 Å². The monoisotopic (exact) mass is 522 g/mol. The quantitative estimate of drug-likeness (QED) is 0.196. The Labute approximate surface area is 234 Å². The molecule has 0 saturated carbocycles. The van der Waals surface area contributed by atoms with Crippen molar-refractivity contribution < 1.29 is 9.63 Å². The highest BCUT2D eigenvalue weighted by Crippen LogP contribution is 2.34. The second-order valence-electron chi connectivity index (χ2n) is 11.5. The van der Waals surface area contributed by atoms with Crippen LogP contribution in [0.5, 0.6) is 0 Å². The van der Waals surface area contributed by atoms with Crippen LogP contribution in [0.4, 0.5) is 0 Å². The van der Waals surface area contributed by atoms with Gasteiger partial charge in [0.15, 0.2) is 0 Å². The average Bonchev–Trinajstić information content (AvgIpc) is 2.93. The Bertz CT molecular complexity index is 1340. The predicted molar refractivity (Wildman–Crippen MR) is 161 cm³/mol. The van der Waals surface area contributed by atoms with Gasteiger partial charge in [-0.05, 0) is 69.0 Å². The van der Waals surface area contributed by atoms with Crippen LogP contribution in [0.2, 0.25) is 0 Å². The summed E-state index contributed by atoms with van der Waals surface area (Å²) in [5.74, 6) is -0.0297. The lowest BCUT2D eigenvalue weighted by Crippen LogP contribution is -2.43. The fourth-order valence-corrected chi connectivity index (χ4v) is 5.19. The van der Waals surface area contributed by atoms with E-state index in [0.717, 1.165) is 28.4 Å². The number of fused-ring (bicyclic) bond motifs is 1. The second kappa shape index (κ2) is 12.6. The fourth-order valence-electron chi connectivity index (χ4n) is 5.19. The zero-order valence-electron chi connectivity index (χ0n) is 24.2. The molecule has 0 bridgehead atoms. The molecule has 39 heavy (non-hydrogen) atoms. The van der Waals surface area contributed by atoms with E-state index in [0.29, 0.717) is 6.42 Å². The molecular formula is C35H42N2O2. The molecule has 0 N–H and O–H groups in total. The van der Waals surface area contributed by atoms with Gasteiger partial charge in [-0.3, -0.25) is 14.5 Å². The molecule has 2 atom stereocenters. The lowest BCUT2D eigenvalue weighted by atomic mass is 9.97. The number of rotatable bonds is 10. The first kappa shape index (κ1) is 28.5. The Balaban J connectivity index is 1.71. The molecule has 4 aromatic carbocycles. The maximum atomic E-state index is 14.3. The van der Waals surface area contributed by atoms with Gasteiger partial charge in [-0.15, -0.1) is 0 Å². The first-order valence-corrected chi connectivity index (χ1v) is 14.0. The number of hydrogen-bond donors (Lipinski definition) is 0. The van der Waals surface area contributed by atoms with Crippen LogP contribution in [0.3, 0.4) is 0 Å². The molecule has 4 rings (SSSR count). The van der Waals surface area contributed by atoms with Crippen LogP contribution in [0.25, 0.3) is 10.8 Å². The van der Waals surface area contributed by atoms with Gasteiger partial charge in [-0.1, -0.05) is 103 Å². The van der Waals surface area contributed by atoms with E-state index in [2.05, 4.69) is 105 Å². The summed E-state index contributed by atoms with van der Waals surface area (Å²) in [5, 5.41) is 3.91. The molecule has 0 aliphatic heterocycles. The highest BCUT2D eigenvalue weighted by Gasteiger charge is 2.33. The number of carbonyl (C=O) groups excluding carboxylic acids is 1. The highest BCUT2D eigenvalue weighted by molar-refractivity contribution is 5.86. The first-order valence-electron chi connectivity index (χ1n) is 14.0. The maximum Gasteiger partial charge on any atom is 0.248 e. The van der Waals surface area contributed by atoms with Crippen molar-refractivity contribution in [3.05, 3.63) is 120 Å². The van der Waals surface area contributed by atoms with Gasteiger partial charge < -0.3 is 0 Å². The molecule has 0 fully saturated rings. The lowest BCUT2D eigenvalue weighted by molar-refractivity contribution is -0.243. The minimum atomic E-state index is -0.529. The van der Waals surface area contributed by atoms with Crippen molar-refractivity contribution in [2.75, 3.05) is 0 Å². The molecule has 1 amide bonds. The number of nitrogens with zero attached hydrogens (tertiary/aromatic N) is 2. The van der Waals surface area contributed by atoms with E-state index in [1.54, 1.807) is 5.06 Å². The van der Waals surface area contributed by atoms with Gasteiger partial charge in [-0.25, -0.2) is 5.06 Å². The van der Waals surface area contributed by atoms with Gasteiger partial charge in [0, 0.05) is 25.0 Å². The summed E-state index contributed by atoms with van der Waals surface area (Å²) in [4.78, 5) is 23.2. The summed E-state index contributed by atoms with van der Waals surface area (Å²) in [6.07, 6.45) is 0.306. The molecule has 0 aliphatic carbocycles. The van der Waals surface area contributed by atoms with Crippen LogP contribution in [-0.4, -0.2) is 27.5 Å². The van der Waals surface area contributed by atoms with E-state index in [9.17, 15) is 4.79 Å². The number of hydroxylamine groups is 2. The largest absolute Gasteiger partial charge is 0.289 e. The van der Waals surface area contributed by atoms with Crippen LogP contribution in [0.15, 0.2) is 103 Å². The summed E-state index contributed by atoms with van der Waals surface area (Å²) >= 11 is 0. The van der Waals surface area contributed by atoms with Crippen LogP contribution in [-0.2, 0) is 16.2 Å². The highest BCUT2D eigenvalue weighted by atomic mass is 16.7. The third kappa shape index (κ3) is 7.35. The van der Waals surface area contributed by atoms with Gasteiger partial charge in [0.05, 0.1) is 11.6 Å². The number of amides is 1. The third-order valence-corrected chi connectivity index (χ3v) is 7.07. The van der Waals surface area contributed by atoms with E-state index in [1.165, 1.54) is 5.56 Å². The fraction of sp³-hybridized carbons (Fsp3) is 0.343. The average molecular weight is 523 g/mol. The van der Waals surface area contributed by atoms with Crippen LogP contribution in [0.1, 0.15) is 76.7 Å². The molecule has 0 spiro atoms. The maximum absolute atomic E-state index is 14.3. The third-order valence-electron chi connectivity index (χ3n) is 7.07. The van der Waals surface area contributed by atoms with Crippen molar-refractivity contribution in [1.29, 1.82) is 0 Å². The number of hydrogen-bond acceptors (Lipinski definition) is 3. The van der Waals surface area contributed by atoms with Gasteiger partial charge >= 0.3 is 0 Å². The van der Waals surface area contributed by atoms with Crippen molar-refractivity contribution >= 4 is 16.7 Å². The van der Waals surface area contributed by atoms with E-state index in [-0.39, 0.29) is 24.0 Å². The molecule has 0 unspecified atom stereocenters. The zero-order chi connectivity index (χ0) is 28.0. The first-order chi connectivity index (χ1) is 18.6. The summed E-state index contributed by atoms with van der Waals surface area (Å²) in [6.45, 7) is 13.2.